The number of nitrogens with zero attached hydrogens (tertiary/aromatic N) is 1. The molecule has 2 rings (SSSR count). The van der Waals surface area contributed by atoms with Gasteiger partial charge in [0.15, 0.2) is 0 Å². The molecule has 114 valence electrons. The Balaban J connectivity index is 2.07. The second-order valence-electron chi connectivity index (χ2n) is 6.09. The summed E-state index contributed by atoms with van der Waals surface area (Å²) in [5.74, 6) is -0.698. The fraction of sp³-hybridized carbons (Fsp3) is 0.857. The number of carbonyl (C=O) groups is 2. The second-order valence-corrected chi connectivity index (χ2v) is 6.09. The highest BCUT2D eigenvalue weighted by atomic mass is 16.4. The largest absolute Gasteiger partial charge is 0.480 e. The average Bonchev–Trinajstić information content (AvgIpc) is 2.80. The summed E-state index contributed by atoms with van der Waals surface area (Å²) in [7, 11) is 0. The Labute approximate surface area is 119 Å². The molecule has 0 aromatic carbocycles. The molecule has 1 aliphatic carbocycles. The zero-order valence-electron chi connectivity index (χ0n) is 12.0. The van der Waals surface area contributed by atoms with Crippen LogP contribution in [0.1, 0.15) is 45.4 Å². The van der Waals surface area contributed by atoms with Gasteiger partial charge in [0, 0.05) is 6.54 Å². The molecule has 1 saturated carbocycles. The number of carboxylic acid groups (broad SMARTS) is 1. The standard InChI is InChI=1S/C14H24N2O4/c1-10-5-8-16(11(10)9-17)13(20)15-14(12(18)19)6-3-2-4-7-14/h10-11,17H,2-9H2,1H3,(H,15,20)(H,18,19). The van der Waals surface area contributed by atoms with Crippen LogP contribution in [0, 0.1) is 5.92 Å². The number of carbonyl (C=O) groups excluding carboxylic acids is 1. The fourth-order valence-electron chi connectivity index (χ4n) is 3.36. The molecule has 1 heterocycles. The molecule has 20 heavy (non-hydrogen) atoms. The number of hydrogen-bond donors (Lipinski definition) is 3. The first-order chi connectivity index (χ1) is 9.50. The number of aliphatic hydroxyl groups excluding tert-OH is 1. The first kappa shape index (κ1) is 15.1. The van der Waals surface area contributed by atoms with E-state index in [1.54, 1.807) is 4.90 Å². The molecule has 2 aliphatic rings. The summed E-state index contributed by atoms with van der Waals surface area (Å²) in [5, 5.41) is 21.6. The van der Waals surface area contributed by atoms with Crippen LogP contribution < -0.4 is 5.32 Å². The van der Waals surface area contributed by atoms with E-state index in [0.717, 1.165) is 25.7 Å². The third-order valence-electron chi connectivity index (χ3n) is 4.79. The number of urea groups is 1. The summed E-state index contributed by atoms with van der Waals surface area (Å²) in [5.41, 5.74) is -1.12. The van der Waals surface area contributed by atoms with E-state index in [-0.39, 0.29) is 24.6 Å². The van der Waals surface area contributed by atoms with Gasteiger partial charge in [0.2, 0.25) is 0 Å². The highest BCUT2D eigenvalue weighted by Crippen LogP contribution is 2.30. The van der Waals surface area contributed by atoms with Crippen LogP contribution in [0.4, 0.5) is 4.79 Å². The fourth-order valence-corrected chi connectivity index (χ4v) is 3.36. The van der Waals surface area contributed by atoms with Crippen molar-refractivity contribution < 1.29 is 19.8 Å². The molecule has 0 aromatic rings. The van der Waals surface area contributed by atoms with E-state index < -0.39 is 11.5 Å². The smallest absolute Gasteiger partial charge is 0.329 e. The van der Waals surface area contributed by atoms with Gasteiger partial charge in [-0.25, -0.2) is 9.59 Å². The van der Waals surface area contributed by atoms with Crippen molar-refractivity contribution in [2.45, 2.75) is 57.0 Å². The molecule has 1 saturated heterocycles. The summed E-state index contributed by atoms with van der Waals surface area (Å²) in [4.78, 5) is 25.5. The van der Waals surface area contributed by atoms with Crippen LogP contribution in [-0.2, 0) is 4.79 Å². The molecule has 3 N–H and O–H groups in total. The van der Waals surface area contributed by atoms with Crippen LogP contribution in [-0.4, -0.2) is 51.8 Å². The van der Waals surface area contributed by atoms with E-state index >= 15 is 0 Å². The molecule has 2 amide bonds. The predicted octanol–water partition coefficient (Wildman–Crippen LogP) is 1.19. The van der Waals surface area contributed by atoms with E-state index in [0.29, 0.717) is 19.4 Å². The third kappa shape index (κ3) is 2.75. The molecule has 0 aromatic heterocycles. The van der Waals surface area contributed by atoms with E-state index in [2.05, 4.69) is 5.32 Å². The molecule has 6 nitrogen and oxygen atoms in total. The lowest BCUT2D eigenvalue weighted by molar-refractivity contribution is -0.146. The zero-order chi connectivity index (χ0) is 14.8. The minimum Gasteiger partial charge on any atom is -0.480 e. The summed E-state index contributed by atoms with van der Waals surface area (Å²) < 4.78 is 0. The minimum absolute atomic E-state index is 0.0747. The summed E-state index contributed by atoms with van der Waals surface area (Å²) in [6.45, 7) is 2.50. The van der Waals surface area contributed by atoms with Gasteiger partial charge in [0.1, 0.15) is 5.54 Å². The van der Waals surface area contributed by atoms with Crippen molar-refractivity contribution in [1.29, 1.82) is 0 Å². The summed E-state index contributed by atoms with van der Waals surface area (Å²) in [6, 6.07) is -0.554. The highest BCUT2D eigenvalue weighted by Gasteiger charge is 2.43. The van der Waals surface area contributed by atoms with Gasteiger partial charge in [0.25, 0.3) is 0 Å². The number of aliphatic carboxylic acids is 1. The number of likely N-dealkylation sites (tertiary alicyclic amines) is 1. The zero-order valence-corrected chi connectivity index (χ0v) is 12.0. The Bertz CT molecular complexity index is 379. The van der Waals surface area contributed by atoms with Crippen LogP contribution >= 0.6 is 0 Å². The maximum atomic E-state index is 12.4. The van der Waals surface area contributed by atoms with Gasteiger partial charge >= 0.3 is 12.0 Å². The molecular formula is C14H24N2O4. The lowest BCUT2D eigenvalue weighted by atomic mass is 9.82. The Morgan fingerprint density at radius 1 is 1.30 bits per heavy atom. The summed E-state index contributed by atoms with van der Waals surface area (Å²) >= 11 is 0. The Morgan fingerprint density at radius 3 is 2.50 bits per heavy atom. The van der Waals surface area contributed by atoms with Crippen molar-refractivity contribution >= 4 is 12.0 Å². The SMILES string of the molecule is CC1CCN(C(=O)NC2(C(=O)O)CCCCC2)C1CO. The number of amides is 2. The van der Waals surface area contributed by atoms with Gasteiger partial charge in [0.05, 0.1) is 12.6 Å². The molecule has 0 spiro atoms. The Hall–Kier alpha value is -1.30. The normalized spacial score (nSPS) is 29.2. The number of hydrogen-bond acceptors (Lipinski definition) is 3. The van der Waals surface area contributed by atoms with Crippen LogP contribution in [0.15, 0.2) is 0 Å². The maximum absolute atomic E-state index is 12.4. The Morgan fingerprint density at radius 2 is 1.95 bits per heavy atom. The van der Waals surface area contributed by atoms with Crippen LogP contribution in [0.3, 0.4) is 0 Å². The predicted molar refractivity (Wildman–Crippen MR) is 73.3 cm³/mol. The quantitative estimate of drug-likeness (QED) is 0.726. The van der Waals surface area contributed by atoms with E-state index in [9.17, 15) is 19.8 Å². The topological polar surface area (TPSA) is 89.9 Å². The highest BCUT2D eigenvalue weighted by molar-refractivity contribution is 5.86. The summed E-state index contributed by atoms with van der Waals surface area (Å²) in [6.07, 6.45) is 4.49. The van der Waals surface area contributed by atoms with Crippen molar-refractivity contribution in [2.75, 3.05) is 13.2 Å². The van der Waals surface area contributed by atoms with Gasteiger partial charge < -0.3 is 20.4 Å². The van der Waals surface area contributed by atoms with Gasteiger partial charge in [-0.05, 0) is 25.2 Å². The molecule has 2 fully saturated rings. The van der Waals surface area contributed by atoms with E-state index in [4.69, 9.17) is 0 Å². The first-order valence-corrected chi connectivity index (χ1v) is 7.43. The van der Waals surface area contributed by atoms with Crippen LogP contribution in [0.2, 0.25) is 0 Å². The lowest BCUT2D eigenvalue weighted by Crippen LogP contribution is -2.59. The van der Waals surface area contributed by atoms with Crippen molar-refractivity contribution in [1.82, 2.24) is 10.2 Å². The van der Waals surface area contributed by atoms with Crippen LogP contribution in [0.5, 0.6) is 0 Å². The van der Waals surface area contributed by atoms with E-state index in [1.165, 1.54) is 0 Å². The number of nitrogens with one attached hydrogen (secondary N) is 1. The van der Waals surface area contributed by atoms with Gasteiger partial charge in [-0.1, -0.05) is 26.2 Å². The van der Waals surface area contributed by atoms with E-state index in [1.807, 2.05) is 6.92 Å². The van der Waals surface area contributed by atoms with Gasteiger partial charge in [-0.3, -0.25) is 0 Å². The minimum atomic E-state index is -1.12. The Kier molecular flexibility index (Phi) is 4.52. The van der Waals surface area contributed by atoms with Crippen molar-refractivity contribution in [3.63, 3.8) is 0 Å². The molecule has 0 bridgehead atoms. The van der Waals surface area contributed by atoms with Gasteiger partial charge in [-0.2, -0.15) is 0 Å². The van der Waals surface area contributed by atoms with Crippen molar-refractivity contribution in [2.24, 2.45) is 5.92 Å². The monoisotopic (exact) mass is 284 g/mol. The number of carboxylic acids is 1. The molecule has 2 atom stereocenters. The van der Waals surface area contributed by atoms with Crippen molar-refractivity contribution in [3.05, 3.63) is 0 Å². The second kappa shape index (κ2) is 5.99. The average molecular weight is 284 g/mol. The first-order valence-electron chi connectivity index (χ1n) is 7.43. The van der Waals surface area contributed by atoms with Crippen molar-refractivity contribution in [3.8, 4) is 0 Å². The third-order valence-corrected chi connectivity index (χ3v) is 4.79. The number of rotatable bonds is 3. The maximum Gasteiger partial charge on any atom is 0.329 e. The molecule has 2 unspecified atom stereocenters. The molecular weight excluding hydrogens is 260 g/mol. The van der Waals surface area contributed by atoms with Crippen LogP contribution in [0.25, 0.3) is 0 Å². The van der Waals surface area contributed by atoms with Gasteiger partial charge in [-0.15, -0.1) is 0 Å². The number of aliphatic hydroxyl groups is 1. The lowest BCUT2D eigenvalue weighted by Gasteiger charge is -2.36. The molecule has 0 radical (unpaired) electrons. The molecule has 1 aliphatic heterocycles. The molecule has 6 heteroatoms.